The van der Waals surface area contributed by atoms with Gasteiger partial charge in [-0.2, -0.15) is 0 Å². The van der Waals surface area contributed by atoms with Crippen LogP contribution in [0, 0.1) is 0 Å². The van der Waals surface area contributed by atoms with Gasteiger partial charge in [-0.05, 0) is 44.9 Å². The van der Waals surface area contributed by atoms with Crippen molar-refractivity contribution in [1.29, 1.82) is 0 Å². The van der Waals surface area contributed by atoms with Crippen LogP contribution in [0.3, 0.4) is 0 Å². The van der Waals surface area contributed by atoms with E-state index in [9.17, 15) is 19.4 Å². The van der Waals surface area contributed by atoms with E-state index in [1.807, 2.05) is 27.2 Å². The summed E-state index contributed by atoms with van der Waals surface area (Å²) in [6.07, 6.45) is 40.8. The summed E-state index contributed by atoms with van der Waals surface area (Å²) in [6.45, 7) is 4.62. The van der Waals surface area contributed by atoms with Gasteiger partial charge < -0.3 is 28.8 Å². The number of unbranched alkanes of at least 4 members (excludes halogenated alkanes) is 24. The van der Waals surface area contributed by atoms with E-state index in [2.05, 4.69) is 31.3 Å². The van der Waals surface area contributed by atoms with Gasteiger partial charge in [0, 0.05) is 6.42 Å². The molecule has 0 spiro atoms. The van der Waals surface area contributed by atoms with Gasteiger partial charge in [-0.25, -0.2) is 0 Å². The summed E-state index contributed by atoms with van der Waals surface area (Å²) < 4.78 is 23.1. The zero-order valence-electron chi connectivity index (χ0n) is 34.8. The number of hydrogen-bond donors (Lipinski definition) is 2. The van der Waals surface area contributed by atoms with Crippen molar-refractivity contribution in [2.24, 2.45) is 0 Å². The van der Waals surface area contributed by atoms with E-state index >= 15 is 0 Å². The third kappa shape index (κ3) is 37.3. The molecule has 3 atom stereocenters. The monoisotopic (exact) mass is 757 g/mol. The lowest BCUT2D eigenvalue weighted by atomic mass is 10.0. The number of amides is 1. The topological polar surface area (TPSA) is 108 Å². The summed E-state index contributed by atoms with van der Waals surface area (Å²) in [5.74, 6) is -0.201. The molecule has 0 aromatic carbocycles. The molecule has 1 amide bonds. The Bertz CT molecular complexity index is 907. The molecule has 9 heteroatoms. The van der Waals surface area contributed by atoms with Gasteiger partial charge in [0.1, 0.15) is 13.2 Å². The van der Waals surface area contributed by atoms with E-state index in [0.717, 1.165) is 38.5 Å². The minimum absolute atomic E-state index is 0.000498. The van der Waals surface area contributed by atoms with Gasteiger partial charge >= 0.3 is 0 Å². The Morgan fingerprint density at radius 3 is 1.50 bits per heavy atom. The van der Waals surface area contributed by atoms with Crippen LogP contribution in [0.1, 0.15) is 194 Å². The summed E-state index contributed by atoms with van der Waals surface area (Å²) in [6, 6.07) is -0.882. The van der Waals surface area contributed by atoms with E-state index < -0.39 is 20.0 Å². The molecule has 0 heterocycles. The molecule has 0 aromatic heterocycles. The van der Waals surface area contributed by atoms with Crippen LogP contribution in [0.2, 0.25) is 0 Å². The van der Waals surface area contributed by atoms with Crippen molar-refractivity contribution in [1.82, 2.24) is 5.32 Å². The highest BCUT2D eigenvalue weighted by Crippen LogP contribution is 2.38. The first kappa shape index (κ1) is 51.0. The van der Waals surface area contributed by atoms with E-state index in [4.69, 9.17) is 9.05 Å². The standard InChI is InChI=1S/C43H85N2O6P/c1-6-8-10-12-14-16-18-19-20-21-22-23-24-25-27-29-31-33-35-37-43(47)44-41(40-51-52(48,49)50-39-38-45(3,4)5)42(46)36-34-32-30-28-26-17-15-13-11-9-7-2/h19-20,34,36,41-42,46H,6-18,21-33,35,37-40H2,1-5H3,(H-,44,47,48,49)/b20-19+,36-34+/t41-,42+/m0/s1. The fraction of sp³-hybridized carbons (Fsp3) is 0.884. The highest BCUT2D eigenvalue weighted by molar-refractivity contribution is 7.45. The molecule has 0 bridgehead atoms. The van der Waals surface area contributed by atoms with E-state index in [0.29, 0.717) is 17.4 Å². The maximum atomic E-state index is 12.8. The average molecular weight is 757 g/mol. The Labute approximate surface area is 322 Å². The molecule has 0 aliphatic rings. The van der Waals surface area contributed by atoms with Crippen LogP contribution in [0.5, 0.6) is 0 Å². The van der Waals surface area contributed by atoms with Crippen molar-refractivity contribution in [3.8, 4) is 0 Å². The number of carbonyl (C=O) groups excluding carboxylic acids is 1. The summed E-state index contributed by atoms with van der Waals surface area (Å²) >= 11 is 0. The highest BCUT2D eigenvalue weighted by atomic mass is 31.2. The van der Waals surface area contributed by atoms with Gasteiger partial charge in [-0.3, -0.25) is 9.36 Å². The number of rotatable bonds is 39. The Balaban J connectivity index is 4.36. The number of quaternary nitrogens is 1. The van der Waals surface area contributed by atoms with Crippen molar-refractivity contribution in [2.75, 3.05) is 40.9 Å². The van der Waals surface area contributed by atoms with E-state index in [1.54, 1.807) is 6.08 Å². The van der Waals surface area contributed by atoms with Gasteiger partial charge in [0.05, 0.1) is 39.9 Å². The number of aliphatic hydroxyl groups excluding tert-OH is 1. The quantitative estimate of drug-likeness (QED) is 0.0280. The lowest BCUT2D eigenvalue weighted by Crippen LogP contribution is -2.45. The molecule has 308 valence electrons. The average Bonchev–Trinajstić information content (AvgIpc) is 3.09. The first-order valence-corrected chi connectivity index (χ1v) is 23.2. The molecule has 0 aliphatic carbocycles. The molecular weight excluding hydrogens is 671 g/mol. The predicted molar refractivity (Wildman–Crippen MR) is 219 cm³/mol. The Hall–Kier alpha value is -1.02. The van der Waals surface area contributed by atoms with Crippen molar-refractivity contribution < 1.29 is 32.9 Å². The van der Waals surface area contributed by atoms with E-state index in [1.165, 1.54) is 135 Å². The van der Waals surface area contributed by atoms with Crippen LogP contribution >= 0.6 is 7.82 Å². The zero-order chi connectivity index (χ0) is 38.6. The van der Waals surface area contributed by atoms with Gasteiger partial charge in [0.2, 0.25) is 5.91 Å². The van der Waals surface area contributed by atoms with Gasteiger partial charge in [-0.15, -0.1) is 0 Å². The second-order valence-electron chi connectivity index (χ2n) is 16.0. The molecular formula is C43H85N2O6P. The van der Waals surface area contributed by atoms with Crippen molar-refractivity contribution >= 4 is 13.7 Å². The molecule has 0 saturated heterocycles. The maximum Gasteiger partial charge on any atom is 0.268 e. The summed E-state index contributed by atoms with van der Waals surface area (Å²) in [5, 5.41) is 13.7. The first-order chi connectivity index (χ1) is 25.0. The van der Waals surface area contributed by atoms with Crippen LogP contribution in [0.4, 0.5) is 0 Å². The van der Waals surface area contributed by atoms with Crippen LogP contribution < -0.4 is 10.2 Å². The number of allylic oxidation sites excluding steroid dienone is 3. The Morgan fingerprint density at radius 1 is 0.654 bits per heavy atom. The molecule has 0 radical (unpaired) electrons. The molecule has 1 unspecified atom stereocenters. The van der Waals surface area contributed by atoms with Gasteiger partial charge in [0.25, 0.3) is 7.82 Å². The number of nitrogens with zero attached hydrogens (tertiary/aromatic N) is 1. The molecule has 2 N–H and O–H groups in total. The van der Waals surface area contributed by atoms with E-state index in [-0.39, 0.29) is 19.1 Å². The second-order valence-corrected chi connectivity index (χ2v) is 17.5. The molecule has 0 saturated carbocycles. The van der Waals surface area contributed by atoms with Crippen molar-refractivity contribution in [3.05, 3.63) is 24.3 Å². The van der Waals surface area contributed by atoms with Crippen molar-refractivity contribution in [3.63, 3.8) is 0 Å². The molecule has 8 nitrogen and oxygen atoms in total. The van der Waals surface area contributed by atoms with Crippen molar-refractivity contribution in [2.45, 2.75) is 206 Å². The lowest BCUT2D eigenvalue weighted by Gasteiger charge is -2.29. The van der Waals surface area contributed by atoms with Crippen LogP contribution in [0.15, 0.2) is 24.3 Å². The third-order valence-corrected chi connectivity index (χ3v) is 10.6. The summed E-state index contributed by atoms with van der Waals surface area (Å²) in [7, 11) is 1.26. The Kier molecular flexibility index (Phi) is 35.0. The summed E-state index contributed by atoms with van der Waals surface area (Å²) in [4.78, 5) is 25.2. The number of phosphoric ester groups is 1. The number of nitrogens with one attached hydrogen (secondary N) is 1. The van der Waals surface area contributed by atoms with Crippen LogP contribution in [-0.4, -0.2) is 68.5 Å². The highest BCUT2D eigenvalue weighted by Gasteiger charge is 2.23. The van der Waals surface area contributed by atoms with Gasteiger partial charge in [0.15, 0.2) is 0 Å². The first-order valence-electron chi connectivity index (χ1n) is 21.7. The number of likely N-dealkylation sites (N-methyl/N-ethyl adjacent to an activating group) is 1. The largest absolute Gasteiger partial charge is 0.756 e. The molecule has 52 heavy (non-hydrogen) atoms. The number of aliphatic hydroxyl groups is 1. The Morgan fingerprint density at radius 2 is 1.06 bits per heavy atom. The number of hydrogen-bond acceptors (Lipinski definition) is 6. The molecule has 0 aliphatic heterocycles. The fourth-order valence-electron chi connectivity index (χ4n) is 6.15. The van der Waals surface area contributed by atoms with Crippen LogP contribution in [0.25, 0.3) is 0 Å². The maximum absolute atomic E-state index is 12.8. The predicted octanol–water partition coefficient (Wildman–Crippen LogP) is 11.1. The SMILES string of the molecule is CCCCCCCC/C=C/CCCCCCCCCCCC(=O)N[C@@H](COP(=O)([O-])OCC[N+](C)(C)C)[C@H](O)/C=C/CCCCCCCCCCC. The molecule has 0 fully saturated rings. The zero-order valence-corrected chi connectivity index (χ0v) is 35.7. The lowest BCUT2D eigenvalue weighted by molar-refractivity contribution is -0.870. The summed E-state index contributed by atoms with van der Waals surface area (Å²) in [5.41, 5.74) is 0. The smallest absolute Gasteiger partial charge is 0.268 e. The second kappa shape index (κ2) is 35.7. The molecule has 0 rings (SSSR count). The fourth-order valence-corrected chi connectivity index (χ4v) is 6.87. The van der Waals surface area contributed by atoms with Crippen LogP contribution in [-0.2, 0) is 18.4 Å². The number of phosphoric acid groups is 1. The third-order valence-electron chi connectivity index (χ3n) is 9.66. The minimum atomic E-state index is -4.58. The number of carbonyl (C=O) groups is 1. The minimum Gasteiger partial charge on any atom is -0.756 e. The van der Waals surface area contributed by atoms with Gasteiger partial charge in [-0.1, -0.05) is 167 Å². The normalized spacial score (nSPS) is 14.7. The molecule has 0 aromatic rings.